The van der Waals surface area contributed by atoms with Crippen LogP contribution >= 0.6 is 0 Å². The Kier molecular flexibility index (Phi) is 7.86. The summed E-state index contributed by atoms with van der Waals surface area (Å²) in [6.07, 6.45) is 7.19. The molecule has 4 nitrogen and oxygen atoms in total. The summed E-state index contributed by atoms with van der Waals surface area (Å²) < 4.78 is 5.69. The van der Waals surface area contributed by atoms with Gasteiger partial charge in [-0.3, -0.25) is 4.98 Å². The summed E-state index contributed by atoms with van der Waals surface area (Å²) in [5, 5.41) is 3.38. The second-order valence-electron chi connectivity index (χ2n) is 4.45. The maximum absolute atomic E-state index is 5.69. The van der Waals surface area contributed by atoms with Gasteiger partial charge in [-0.25, -0.2) is 0 Å². The Morgan fingerprint density at radius 1 is 1.42 bits per heavy atom. The summed E-state index contributed by atoms with van der Waals surface area (Å²) in [6.45, 7) is 6.77. The molecule has 0 spiro atoms. The molecule has 0 saturated carbocycles. The van der Waals surface area contributed by atoms with Gasteiger partial charge in [0.25, 0.3) is 0 Å². The average molecular weight is 263 g/mol. The molecule has 3 N–H and O–H groups in total. The van der Waals surface area contributed by atoms with Crippen LogP contribution in [-0.2, 0) is 0 Å². The van der Waals surface area contributed by atoms with Gasteiger partial charge >= 0.3 is 0 Å². The highest BCUT2D eigenvalue weighted by Crippen LogP contribution is 2.17. The standard InChI is InChI=1S/C14H20N2O.CH5N/c1-2-13-3-4-14(11-16-13)17-10-7-12-5-8-15-9-6-12;1-2/h2-4,11-12,15H,1,5-10H2;2H2,1H3. The molecule has 0 amide bonds. The maximum Gasteiger partial charge on any atom is 0.137 e. The highest BCUT2D eigenvalue weighted by Gasteiger charge is 2.12. The van der Waals surface area contributed by atoms with Gasteiger partial charge in [0.05, 0.1) is 18.5 Å². The van der Waals surface area contributed by atoms with Crippen LogP contribution in [0.2, 0.25) is 0 Å². The van der Waals surface area contributed by atoms with E-state index in [1.54, 1.807) is 12.3 Å². The van der Waals surface area contributed by atoms with Crippen molar-refractivity contribution in [3.8, 4) is 5.75 Å². The van der Waals surface area contributed by atoms with Crippen molar-refractivity contribution in [2.45, 2.75) is 19.3 Å². The van der Waals surface area contributed by atoms with E-state index in [0.29, 0.717) is 0 Å². The Morgan fingerprint density at radius 2 is 2.16 bits per heavy atom. The summed E-state index contributed by atoms with van der Waals surface area (Å²) in [4.78, 5) is 4.21. The van der Waals surface area contributed by atoms with E-state index in [1.807, 2.05) is 12.1 Å². The zero-order valence-electron chi connectivity index (χ0n) is 11.8. The number of pyridine rings is 1. The first-order chi connectivity index (χ1) is 9.38. The van der Waals surface area contributed by atoms with Gasteiger partial charge in [-0.15, -0.1) is 0 Å². The Balaban J connectivity index is 0.000000861. The molecule has 1 saturated heterocycles. The third-order valence-corrected chi connectivity index (χ3v) is 3.22. The molecule has 0 bridgehead atoms. The van der Waals surface area contributed by atoms with Crippen LogP contribution in [0.4, 0.5) is 0 Å². The summed E-state index contributed by atoms with van der Waals surface area (Å²) in [7, 11) is 1.50. The molecular weight excluding hydrogens is 238 g/mol. The molecule has 0 atom stereocenters. The highest BCUT2D eigenvalue weighted by molar-refractivity contribution is 5.42. The molecule has 0 unspecified atom stereocenters. The van der Waals surface area contributed by atoms with Crippen LogP contribution in [0, 0.1) is 5.92 Å². The van der Waals surface area contributed by atoms with Crippen molar-refractivity contribution in [1.29, 1.82) is 0 Å². The lowest BCUT2D eigenvalue weighted by Gasteiger charge is -2.22. The molecule has 4 heteroatoms. The minimum absolute atomic E-state index is 0.791. The fraction of sp³-hybridized carbons (Fsp3) is 0.533. The second-order valence-corrected chi connectivity index (χ2v) is 4.45. The molecular formula is C15H25N3O. The maximum atomic E-state index is 5.69. The fourth-order valence-corrected chi connectivity index (χ4v) is 2.11. The van der Waals surface area contributed by atoms with Crippen LogP contribution in [0.5, 0.6) is 5.75 Å². The predicted octanol–water partition coefficient (Wildman–Crippen LogP) is 2.07. The molecule has 2 rings (SSSR count). The van der Waals surface area contributed by atoms with Gasteiger partial charge in [0.1, 0.15) is 5.75 Å². The molecule has 1 aliphatic heterocycles. The molecule has 1 aromatic rings. The SMILES string of the molecule is C=Cc1ccc(OCCC2CCNCC2)cn1.CN. The van der Waals surface area contributed by atoms with Crippen molar-refractivity contribution in [3.05, 3.63) is 30.6 Å². The van der Waals surface area contributed by atoms with Gasteiger partial charge in [0.2, 0.25) is 0 Å². The number of aromatic nitrogens is 1. The molecule has 106 valence electrons. The molecule has 1 fully saturated rings. The van der Waals surface area contributed by atoms with E-state index >= 15 is 0 Å². The Hall–Kier alpha value is -1.39. The van der Waals surface area contributed by atoms with E-state index in [4.69, 9.17) is 4.74 Å². The van der Waals surface area contributed by atoms with Crippen molar-refractivity contribution in [2.24, 2.45) is 11.7 Å². The smallest absolute Gasteiger partial charge is 0.137 e. The van der Waals surface area contributed by atoms with E-state index < -0.39 is 0 Å². The summed E-state index contributed by atoms with van der Waals surface area (Å²) in [5.41, 5.74) is 5.38. The van der Waals surface area contributed by atoms with E-state index in [0.717, 1.165) is 43.5 Å². The number of ether oxygens (including phenoxy) is 1. The molecule has 19 heavy (non-hydrogen) atoms. The minimum Gasteiger partial charge on any atom is -0.492 e. The quantitative estimate of drug-likeness (QED) is 0.854. The van der Waals surface area contributed by atoms with Crippen LogP contribution in [0.1, 0.15) is 25.0 Å². The van der Waals surface area contributed by atoms with Crippen LogP contribution in [-0.4, -0.2) is 31.7 Å². The van der Waals surface area contributed by atoms with Gasteiger partial charge in [-0.1, -0.05) is 6.58 Å². The van der Waals surface area contributed by atoms with E-state index in [-0.39, 0.29) is 0 Å². The van der Waals surface area contributed by atoms with Crippen LogP contribution in [0.15, 0.2) is 24.9 Å². The molecule has 1 aliphatic rings. The Morgan fingerprint density at radius 3 is 2.74 bits per heavy atom. The minimum atomic E-state index is 0.791. The first-order valence-electron chi connectivity index (χ1n) is 6.88. The molecule has 0 radical (unpaired) electrons. The van der Waals surface area contributed by atoms with Crippen molar-refractivity contribution < 1.29 is 4.74 Å². The number of hydrogen-bond acceptors (Lipinski definition) is 4. The lowest BCUT2D eigenvalue weighted by molar-refractivity contribution is 0.251. The number of hydrogen-bond donors (Lipinski definition) is 2. The third-order valence-electron chi connectivity index (χ3n) is 3.22. The predicted molar refractivity (Wildman–Crippen MR) is 80.1 cm³/mol. The third kappa shape index (κ3) is 5.85. The number of nitrogens with two attached hydrogens (primary N) is 1. The average Bonchev–Trinajstić information content (AvgIpc) is 2.51. The number of nitrogens with one attached hydrogen (secondary N) is 1. The Labute approximate surface area is 116 Å². The fourth-order valence-electron chi connectivity index (χ4n) is 2.11. The lowest BCUT2D eigenvalue weighted by Crippen LogP contribution is -2.28. The van der Waals surface area contributed by atoms with Gasteiger partial charge < -0.3 is 15.8 Å². The topological polar surface area (TPSA) is 60.2 Å². The van der Waals surface area contributed by atoms with Crippen LogP contribution in [0.3, 0.4) is 0 Å². The number of piperidine rings is 1. The van der Waals surface area contributed by atoms with Crippen molar-refractivity contribution >= 4 is 6.08 Å². The van der Waals surface area contributed by atoms with E-state index in [9.17, 15) is 0 Å². The van der Waals surface area contributed by atoms with Crippen LogP contribution in [0.25, 0.3) is 6.08 Å². The molecule has 0 aliphatic carbocycles. The first kappa shape index (κ1) is 15.7. The number of nitrogens with zero attached hydrogens (tertiary/aromatic N) is 1. The summed E-state index contributed by atoms with van der Waals surface area (Å²) >= 11 is 0. The number of rotatable bonds is 5. The van der Waals surface area contributed by atoms with Gasteiger partial charge in [-0.05, 0) is 63.5 Å². The zero-order valence-corrected chi connectivity index (χ0v) is 11.8. The first-order valence-corrected chi connectivity index (χ1v) is 6.88. The van der Waals surface area contributed by atoms with Crippen molar-refractivity contribution in [1.82, 2.24) is 10.3 Å². The summed E-state index contributed by atoms with van der Waals surface area (Å²) in [5.74, 6) is 1.67. The summed E-state index contributed by atoms with van der Waals surface area (Å²) in [6, 6.07) is 3.87. The lowest BCUT2D eigenvalue weighted by atomic mass is 9.95. The molecule has 0 aromatic carbocycles. The molecule has 1 aromatic heterocycles. The van der Waals surface area contributed by atoms with Crippen molar-refractivity contribution in [2.75, 3.05) is 26.7 Å². The normalized spacial score (nSPS) is 15.3. The van der Waals surface area contributed by atoms with Crippen molar-refractivity contribution in [3.63, 3.8) is 0 Å². The zero-order chi connectivity index (χ0) is 13.9. The van der Waals surface area contributed by atoms with Crippen LogP contribution < -0.4 is 15.8 Å². The van der Waals surface area contributed by atoms with Gasteiger partial charge in [0, 0.05) is 0 Å². The Bertz CT molecular complexity index is 345. The van der Waals surface area contributed by atoms with E-state index in [1.165, 1.54) is 19.9 Å². The van der Waals surface area contributed by atoms with Gasteiger partial charge in [-0.2, -0.15) is 0 Å². The molecule has 2 heterocycles. The largest absolute Gasteiger partial charge is 0.492 e. The second kappa shape index (κ2) is 9.53. The highest BCUT2D eigenvalue weighted by atomic mass is 16.5. The van der Waals surface area contributed by atoms with Gasteiger partial charge in [0.15, 0.2) is 0 Å². The monoisotopic (exact) mass is 263 g/mol. The van der Waals surface area contributed by atoms with E-state index in [2.05, 4.69) is 22.6 Å².